The van der Waals surface area contributed by atoms with Crippen molar-refractivity contribution in [1.82, 2.24) is 10.6 Å². The van der Waals surface area contributed by atoms with Gasteiger partial charge in [-0.15, -0.1) is 0 Å². The van der Waals surface area contributed by atoms with Gasteiger partial charge >= 0.3 is 6.03 Å². The molecule has 0 saturated heterocycles. The zero-order valence-corrected chi connectivity index (χ0v) is 11.6. The Labute approximate surface area is 109 Å². The fourth-order valence-corrected chi connectivity index (χ4v) is 1.65. The van der Waals surface area contributed by atoms with Gasteiger partial charge < -0.3 is 15.4 Å². The zero-order chi connectivity index (χ0) is 13.5. The van der Waals surface area contributed by atoms with Crippen LogP contribution >= 0.6 is 0 Å². The van der Waals surface area contributed by atoms with Crippen LogP contribution in [0.25, 0.3) is 0 Å². The Morgan fingerprint density at radius 3 is 2.50 bits per heavy atom. The standard InChI is InChI=1S/C14H22N2O2/c1-5-6-15-14(17)16-9-12-7-10(2)11(3)8-13(12)18-4/h7-8H,5-6,9H2,1-4H3,(H2,15,16,17). The van der Waals surface area contributed by atoms with Crippen molar-refractivity contribution < 1.29 is 9.53 Å². The molecule has 0 spiro atoms. The van der Waals surface area contributed by atoms with Crippen LogP contribution in [0, 0.1) is 13.8 Å². The number of nitrogens with one attached hydrogen (secondary N) is 2. The second-order valence-electron chi connectivity index (χ2n) is 4.36. The van der Waals surface area contributed by atoms with Crippen molar-refractivity contribution in [3.63, 3.8) is 0 Å². The number of amides is 2. The van der Waals surface area contributed by atoms with E-state index in [9.17, 15) is 4.79 Å². The molecule has 0 aliphatic rings. The molecule has 0 aliphatic heterocycles. The number of methoxy groups -OCH3 is 1. The molecule has 0 radical (unpaired) electrons. The molecule has 0 atom stereocenters. The summed E-state index contributed by atoms with van der Waals surface area (Å²) in [6, 6.07) is 3.90. The number of urea groups is 1. The highest BCUT2D eigenvalue weighted by Gasteiger charge is 2.07. The smallest absolute Gasteiger partial charge is 0.315 e. The van der Waals surface area contributed by atoms with E-state index in [0.29, 0.717) is 13.1 Å². The normalized spacial score (nSPS) is 10.0. The lowest BCUT2D eigenvalue weighted by molar-refractivity contribution is 0.240. The Hall–Kier alpha value is -1.71. The molecule has 0 aliphatic carbocycles. The number of ether oxygens (including phenoxy) is 1. The average Bonchev–Trinajstić information content (AvgIpc) is 2.37. The summed E-state index contributed by atoms with van der Waals surface area (Å²) in [4.78, 5) is 11.5. The summed E-state index contributed by atoms with van der Waals surface area (Å²) in [5.41, 5.74) is 3.37. The van der Waals surface area contributed by atoms with Gasteiger partial charge in [0.05, 0.1) is 7.11 Å². The molecule has 0 aromatic heterocycles. The molecule has 1 aromatic carbocycles. The third-order valence-electron chi connectivity index (χ3n) is 2.87. The molecular weight excluding hydrogens is 228 g/mol. The molecule has 4 heteroatoms. The van der Waals surface area contributed by atoms with E-state index in [1.54, 1.807) is 7.11 Å². The summed E-state index contributed by atoms with van der Waals surface area (Å²) < 4.78 is 5.32. The van der Waals surface area contributed by atoms with Crippen molar-refractivity contribution >= 4 is 6.03 Å². The molecule has 4 nitrogen and oxygen atoms in total. The SMILES string of the molecule is CCCNC(=O)NCc1cc(C)c(C)cc1OC. The Morgan fingerprint density at radius 2 is 1.89 bits per heavy atom. The first kappa shape index (κ1) is 14.4. The summed E-state index contributed by atoms with van der Waals surface area (Å²) in [6.07, 6.45) is 0.931. The average molecular weight is 250 g/mol. The third kappa shape index (κ3) is 3.95. The third-order valence-corrected chi connectivity index (χ3v) is 2.87. The number of hydrogen-bond acceptors (Lipinski definition) is 2. The highest BCUT2D eigenvalue weighted by atomic mass is 16.5. The van der Waals surface area contributed by atoms with Crippen molar-refractivity contribution in [2.24, 2.45) is 0 Å². The number of carbonyl (C=O) groups is 1. The van der Waals surface area contributed by atoms with Gasteiger partial charge in [0, 0.05) is 18.7 Å². The van der Waals surface area contributed by atoms with Gasteiger partial charge in [-0.05, 0) is 37.5 Å². The minimum Gasteiger partial charge on any atom is -0.496 e. The van der Waals surface area contributed by atoms with Crippen molar-refractivity contribution in [1.29, 1.82) is 0 Å². The fraction of sp³-hybridized carbons (Fsp3) is 0.500. The quantitative estimate of drug-likeness (QED) is 0.843. The van der Waals surface area contributed by atoms with Gasteiger partial charge in [0.25, 0.3) is 0 Å². The predicted molar refractivity (Wildman–Crippen MR) is 73.0 cm³/mol. The van der Waals surface area contributed by atoms with Crippen LogP contribution < -0.4 is 15.4 Å². The van der Waals surface area contributed by atoms with E-state index in [2.05, 4.69) is 17.6 Å². The Kier molecular flexibility index (Phi) is 5.49. The van der Waals surface area contributed by atoms with Crippen LogP contribution in [0.4, 0.5) is 4.79 Å². The van der Waals surface area contributed by atoms with Crippen LogP contribution in [0.5, 0.6) is 5.75 Å². The van der Waals surface area contributed by atoms with E-state index in [1.807, 2.05) is 26.0 Å². The summed E-state index contributed by atoms with van der Waals surface area (Å²) in [7, 11) is 1.64. The van der Waals surface area contributed by atoms with Gasteiger partial charge in [-0.3, -0.25) is 0 Å². The maximum atomic E-state index is 11.5. The highest BCUT2D eigenvalue weighted by Crippen LogP contribution is 2.22. The highest BCUT2D eigenvalue weighted by molar-refractivity contribution is 5.73. The second-order valence-corrected chi connectivity index (χ2v) is 4.36. The van der Waals surface area contributed by atoms with Gasteiger partial charge in [0.2, 0.25) is 0 Å². The first-order valence-electron chi connectivity index (χ1n) is 6.24. The minimum absolute atomic E-state index is 0.142. The Balaban J connectivity index is 2.66. The largest absolute Gasteiger partial charge is 0.496 e. The van der Waals surface area contributed by atoms with Gasteiger partial charge in [-0.25, -0.2) is 4.79 Å². The molecule has 2 amide bonds. The van der Waals surface area contributed by atoms with E-state index >= 15 is 0 Å². The van der Waals surface area contributed by atoms with E-state index in [0.717, 1.165) is 17.7 Å². The summed E-state index contributed by atoms with van der Waals surface area (Å²) in [6.45, 7) is 7.28. The topological polar surface area (TPSA) is 50.4 Å². The fourth-order valence-electron chi connectivity index (χ4n) is 1.65. The zero-order valence-electron chi connectivity index (χ0n) is 11.6. The van der Waals surface area contributed by atoms with Crippen LogP contribution in [-0.2, 0) is 6.54 Å². The predicted octanol–water partition coefficient (Wildman–Crippen LogP) is 2.52. The maximum absolute atomic E-state index is 11.5. The molecule has 100 valence electrons. The van der Waals surface area contributed by atoms with Crippen LogP contribution in [0.1, 0.15) is 30.0 Å². The Morgan fingerprint density at radius 1 is 1.22 bits per heavy atom. The van der Waals surface area contributed by atoms with Crippen LogP contribution in [0.2, 0.25) is 0 Å². The lowest BCUT2D eigenvalue weighted by Gasteiger charge is -2.13. The van der Waals surface area contributed by atoms with E-state index in [4.69, 9.17) is 4.74 Å². The van der Waals surface area contributed by atoms with Gasteiger partial charge in [0.1, 0.15) is 5.75 Å². The number of benzene rings is 1. The monoisotopic (exact) mass is 250 g/mol. The molecule has 1 rings (SSSR count). The van der Waals surface area contributed by atoms with E-state index in [-0.39, 0.29) is 6.03 Å². The lowest BCUT2D eigenvalue weighted by atomic mass is 10.1. The first-order chi connectivity index (χ1) is 8.58. The van der Waals surface area contributed by atoms with Crippen LogP contribution in [0.3, 0.4) is 0 Å². The summed E-state index contributed by atoms with van der Waals surface area (Å²) >= 11 is 0. The number of rotatable bonds is 5. The molecule has 0 heterocycles. The van der Waals surface area contributed by atoms with E-state index < -0.39 is 0 Å². The molecule has 0 saturated carbocycles. The second kappa shape index (κ2) is 6.89. The van der Waals surface area contributed by atoms with Gasteiger partial charge in [-0.2, -0.15) is 0 Å². The van der Waals surface area contributed by atoms with Gasteiger partial charge in [-0.1, -0.05) is 13.0 Å². The first-order valence-corrected chi connectivity index (χ1v) is 6.24. The number of carbonyl (C=O) groups excluding carboxylic acids is 1. The molecule has 18 heavy (non-hydrogen) atoms. The van der Waals surface area contributed by atoms with E-state index in [1.165, 1.54) is 11.1 Å². The summed E-state index contributed by atoms with van der Waals surface area (Å²) in [5.74, 6) is 0.814. The Bertz CT molecular complexity index is 417. The van der Waals surface area contributed by atoms with Crippen molar-refractivity contribution in [3.05, 3.63) is 28.8 Å². The number of aryl methyl sites for hydroxylation is 2. The maximum Gasteiger partial charge on any atom is 0.315 e. The molecule has 0 fully saturated rings. The van der Waals surface area contributed by atoms with Crippen molar-refractivity contribution in [2.45, 2.75) is 33.7 Å². The van der Waals surface area contributed by atoms with Crippen molar-refractivity contribution in [3.8, 4) is 5.75 Å². The number of hydrogen-bond donors (Lipinski definition) is 2. The molecular formula is C14H22N2O2. The molecule has 0 unspecified atom stereocenters. The molecule has 1 aromatic rings. The van der Waals surface area contributed by atoms with Crippen LogP contribution in [0.15, 0.2) is 12.1 Å². The van der Waals surface area contributed by atoms with Crippen LogP contribution in [-0.4, -0.2) is 19.7 Å². The lowest BCUT2D eigenvalue weighted by Crippen LogP contribution is -2.35. The minimum atomic E-state index is -0.142. The molecule has 2 N–H and O–H groups in total. The van der Waals surface area contributed by atoms with Gasteiger partial charge in [0.15, 0.2) is 0 Å². The molecule has 0 bridgehead atoms. The summed E-state index contributed by atoms with van der Waals surface area (Å²) in [5, 5.41) is 5.60. The van der Waals surface area contributed by atoms with Crippen molar-refractivity contribution in [2.75, 3.05) is 13.7 Å².